The van der Waals surface area contributed by atoms with E-state index in [1.807, 2.05) is 27.2 Å². The number of ether oxygens (including phenoxy) is 2. The van der Waals surface area contributed by atoms with Gasteiger partial charge in [0, 0.05) is 30.5 Å². The van der Waals surface area contributed by atoms with Gasteiger partial charge in [-0.2, -0.15) is 11.3 Å². The van der Waals surface area contributed by atoms with Crippen LogP contribution in [0.2, 0.25) is 0 Å². The van der Waals surface area contributed by atoms with E-state index in [2.05, 4.69) is 10.4 Å². The van der Waals surface area contributed by atoms with Crippen LogP contribution in [0.4, 0.5) is 0 Å². The third-order valence-corrected chi connectivity index (χ3v) is 5.35. The first kappa shape index (κ1) is 16.1. The van der Waals surface area contributed by atoms with Crippen LogP contribution in [0.1, 0.15) is 21.6 Å². The molecule has 0 saturated carbocycles. The van der Waals surface area contributed by atoms with E-state index >= 15 is 0 Å². The molecule has 1 amide bonds. The minimum atomic E-state index is -0.0141. The summed E-state index contributed by atoms with van der Waals surface area (Å²) in [6.45, 7) is 1.41. The highest BCUT2D eigenvalue weighted by atomic mass is 32.1. The molecule has 25 heavy (non-hydrogen) atoms. The molecule has 1 aromatic carbocycles. The molecule has 0 aliphatic carbocycles. The molecule has 0 spiro atoms. The molecule has 128 valence electrons. The lowest BCUT2D eigenvalue weighted by Crippen LogP contribution is -2.32. The molecular weight excluding hydrogens is 356 g/mol. The molecule has 5 nitrogen and oxygen atoms in total. The Morgan fingerprint density at radius 1 is 1.16 bits per heavy atom. The van der Waals surface area contributed by atoms with Crippen molar-refractivity contribution >= 4 is 28.6 Å². The van der Waals surface area contributed by atoms with E-state index in [4.69, 9.17) is 9.47 Å². The number of hydrogen-bond donors (Lipinski definition) is 0. The van der Waals surface area contributed by atoms with Crippen molar-refractivity contribution in [1.29, 1.82) is 0 Å². The molecule has 0 unspecified atom stereocenters. The van der Waals surface area contributed by atoms with Gasteiger partial charge in [0.2, 0.25) is 6.79 Å². The van der Waals surface area contributed by atoms with Gasteiger partial charge in [-0.1, -0.05) is 0 Å². The van der Waals surface area contributed by atoms with Crippen molar-refractivity contribution < 1.29 is 14.3 Å². The van der Waals surface area contributed by atoms with Crippen LogP contribution in [0, 0.1) is 0 Å². The van der Waals surface area contributed by atoms with E-state index in [1.54, 1.807) is 40.9 Å². The molecule has 0 saturated heterocycles. The Morgan fingerprint density at radius 2 is 2.08 bits per heavy atom. The molecular formula is C18H16N2O3S2. The van der Waals surface area contributed by atoms with Gasteiger partial charge in [-0.15, -0.1) is 11.3 Å². The van der Waals surface area contributed by atoms with Crippen molar-refractivity contribution in [2.24, 2.45) is 0 Å². The van der Waals surface area contributed by atoms with E-state index in [0.717, 1.165) is 17.7 Å². The van der Waals surface area contributed by atoms with Crippen molar-refractivity contribution in [1.82, 2.24) is 9.88 Å². The highest BCUT2D eigenvalue weighted by molar-refractivity contribution is 7.08. The zero-order valence-corrected chi connectivity index (χ0v) is 15.0. The second kappa shape index (κ2) is 7.25. The van der Waals surface area contributed by atoms with Gasteiger partial charge in [0.25, 0.3) is 5.91 Å². The number of carbonyl (C=O) groups excluding carboxylic acids is 1. The van der Waals surface area contributed by atoms with E-state index in [1.165, 1.54) is 0 Å². The van der Waals surface area contributed by atoms with Crippen LogP contribution in [-0.2, 0) is 13.0 Å². The van der Waals surface area contributed by atoms with Gasteiger partial charge in [0.1, 0.15) is 0 Å². The fraction of sp³-hybridized carbons (Fsp3) is 0.222. The average molecular weight is 372 g/mol. The summed E-state index contributed by atoms with van der Waals surface area (Å²) in [6.07, 6.45) is 0.740. The quantitative estimate of drug-likeness (QED) is 0.660. The molecule has 7 heteroatoms. The van der Waals surface area contributed by atoms with Gasteiger partial charge < -0.3 is 14.4 Å². The molecule has 0 radical (unpaired) electrons. The third kappa shape index (κ3) is 3.67. The smallest absolute Gasteiger partial charge is 0.254 e. The molecule has 2 aromatic heterocycles. The van der Waals surface area contributed by atoms with Crippen LogP contribution in [0.15, 0.2) is 45.9 Å². The molecule has 1 aliphatic heterocycles. The summed E-state index contributed by atoms with van der Waals surface area (Å²) >= 11 is 3.21. The molecule has 3 aromatic rings. The summed E-state index contributed by atoms with van der Waals surface area (Å²) < 4.78 is 10.7. The monoisotopic (exact) mass is 372 g/mol. The maximum atomic E-state index is 13.0. The predicted molar refractivity (Wildman–Crippen MR) is 97.4 cm³/mol. The Balaban J connectivity index is 1.54. The number of carbonyl (C=O) groups is 1. The van der Waals surface area contributed by atoms with Crippen LogP contribution in [-0.4, -0.2) is 29.1 Å². The second-order valence-electron chi connectivity index (χ2n) is 5.66. The average Bonchev–Trinajstić information content (AvgIpc) is 3.39. The fourth-order valence-corrected chi connectivity index (χ4v) is 3.93. The molecule has 0 fully saturated rings. The predicted octanol–water partition coefficient (Wildman–Crippen LogP) is 3.82. The lowest BCUT2D eigenvalue weighted by atomic mass is 10.1. The van der Waals surface area contributed by atoms with E-state index < -0.39 is 0 Å². The van der Waals surface area contributed by atoms with Gasteiger partial charge >= 0.3 is 0 Å². The van der Waals surface area contributed by atoms with E-state index in [9.17, 15) is 4.79 Å². The number of benzene rings is 1. The number of aromatic nitrogens is 1. The molecule has 1 aliphatic rings. The van der Waals surface area contributed by atoms with Gasteiger partial charge in [0.15, 0.2) is 11.5 Å². The number of nitrogens with zero attached hydrogens (tertiary/aromatic N) is 2. The van der Waals surface area contributed by atoms with E-state index in [0.29, 0.717) is 30.2 Å². The van der Waals surface area contributed by atoms with Crippen LogP contribution in [0.25, 0.3) is 0 Å². The SMILES string of the molecule is O=C(c1ccc2c(c1)OCO2)N(CCc1cscn1)Cc1ccsc1. The van der Waals surface area contributed by atoms with Crippen LogP contribution < -0.4 is 9.47 Å². The van der Waals surface area contributed by atoms with Crippen LogP contribution in [0.3, 0.4) is 0 Å². The molecule has 4 rings (SSSR count). The van der Waals surface area contributed by atoms with E-state index in [-0.39, 0.29) is 12.7 Å². The number of hydrogen-bond acceptors (Lipinski definition) is 6. The maximum absolute atomic E-state index is 13.0. The van der Waals surface area contributed by atoms with Crippen molar-refractivity contribution in [3.63, 3.8) is 0 Å². The normalized spacial score (nSPS) is 12.3. The lowest BCUT2D eigenvalue weighted by Gasteiger charge is -2.22. The van der Waals surface area contributed by atoms with Gasteiger partial charge in [0.05, 0.1) is 11.2 Å². The minimum absolute atomic E-state index is 0.0141. The first-order valence-corrected chi connectivity index (χ1v) is 9.75. The standard InChI is InChI=1S/C18H16N2O3S2/c21-18(14-1-2-16-17(7-14)23-12-22-16)20(8-13-4-6-24-9-13)5-3-15-10-25-11-19-15/h1-2,4,6-7,9-11H,3,5,8,12H2. The van der Waals surface area contributed by atoms with Gasteiger partial charge in [-0.3, -0.25) is 4.79 Å². The summed E-state index contributed by atoms with van der Waals surface area (Å²) in [5.41, 5.74) is 4.58. The van der Waals surface area contributed by atoms with Crippen LogP contribution >= 0.6 is 22.7 Å². The zero-order chi connectivity index (χ0) is 17.1. The summed E-state index contributed by atoms with van der Waals surface area (Å²) in [4.78, 5) is 19.2. The summed E-state index contributed by atoms with van der Waals surface area (Å²) in [5.74, 6) is 1.30. The molecule has 0 N–H and O–H groups in total. The summed E-state index contributed by atoms with van der Waals surface area (Å²) in [6, 6.07) is 7.39. The Hall–Kier alpha value is -2.38. The first-order chi connectivity index (χ1) is 12.3. The van der Waals surface area contributed by atoms with Gasteiger partial charge in [-0.05, 0) is 40.6 Å². The zero-order valence-electron chi connectivity index (χ0n) is 13.4. The number of amides is 1. The van der Waals surface area contributed by atoms with Crippen molar-refractivity contribution in [2.45, 2.75) is 13.0 Å². The fourth-order valence-electron chi connectivity index (χ4n) is 2.68. The molecule has 3 heterocycles. The number of thiophene rings is 1. The van der Waals surface area contributed by atoms with Crippen molar-refractivity contribution in [3.05, 3.63) is 62.7 Å². The number of fused-ring (bicyclic) bond motifs is 1. The second-order valence-corrected chi connectivity index (χ2v) is 7.15. The summed E-state index contributed by atoms with van der Waals surface area (Å²) in [7, 11) is 0. The lowest BCUT2D eigenvalue weighted by molar-refractivity contribution is 0.0744. The van der Waals surface area contributed by atoms with Gasteiger partial charge in [-0.25, -0.2) is 4.98 Å². The highest BCUT2D eigenvalue weighted by Gasteiger charge is 2.21. The topological polar surface area (TPSA) is 51.7 Å². The molecule has 0 bridgehead atoms. The highest BCUT2D eigenvalue weighted by Crippen LogP contribution is 2.33. The van der Waals surface area contributed by atoms with Crippen LogP contribution in [0.5, 0.6) is 11.5 Å². The largest absolute Gasteiger partial charge is 0.454 e. The Kier molecular flexibility index (Phi) is 4.67. The number of thiazole rings is 1. The number of rotatable bonds is 6. The Labute approximate surface area is 153 Å². The summed E-state index contributed by atoms with van der Waals surface area (Å²) in [5, 5.41) is 6.12. The van der Waals surface area contributed by atoms with Crippen molar-refractivity contribution in [2.75, 3.05) is 13.3 Å². The first-order valence-electron chi connectivity index (χ1n) is 7.86. The van der Waals surface area contributed by atoms with Crippen molar-refractivity contribution in [3.8, 4) is 11.5 Å². The maximum Gasteiger partial charge on any atom is 0.254 e. The Morgan fingerprint density at radius 3 is 2.88 bits per heavy atom. The molecule has 0 atom stereocenters. The third-order valence-electron chi connectivity index (χ3n) is 3.98. The Bertz CT molecular complexity index is 847. The minimum Gasteiger partial charge on any atom is -0.454 e.